The van der Waals surface area contributed by atoms with Crippen molar-refractivity contribution >= 4 is 6.09 Å². The summed E-state index contributed by atoms with van der Waals surface area (Å²) in [6, 6.07) is 0. The van der Waals surface area contributed by atoms with Crippen LogP contribution in [0.15, 0.2) is 23.8 Å². The normalized spacial score (nSPS) is 17.0. The highest BCUT2D eigenvalue weighted by molar-refractivity contribution is 5.65. The third-order valence-electron chi connectivity index (χ3n) is 2.86. The predicted molar refractivity (Wildman–Crippen MR) is 93.9 cm³/mol. The molecule has 0 saturated carbocycles. The molecule has 0 aromatic rings. The van der Waals surface area contributed by atoms with E-state index in [-0.39, 0.29) is 0 Å². The number of ether oxygens (including phenoxy) is 2. The molecule has 2 N–H and O–H groups in total. The number of primary amides is 1. The zero-order valence-electron chi connectivity index (χ0n) is 15.5. The van der Waals surface area contributed by atoms with Crippen molar-refractivity contribution in [2.45, 2.75) is 79.4 Å². The van der Waals surface area contributed by atoms with Crippen LogP contribution in [0.5, 0.6) is 0 Å². The lowest BCUT2D eigenvalue weighted by Gasteiger charge is -2.16. The zero-order chi connectivity index (χ0) is 17.8. The molecule has 4 nitrogen and oxygen atoms in total. The van der Waals surface area contributed by atoms with E-state index in [1.807, 2.05) is 19.9 Å². The fraction of sp³-hybridized carbons (Fsp3) is 0.722. The van der Waals surface area contributed by atoms with Crippen LogP contribution in [0, 0.1) is 0 Å². The molecular formula is C18H35NO3. The standard InChI is InChI=1S/C11H18O.C5H11NO2.C2H6/c1-4-9-7-11(12-6-3)8-10(9)5-2;1-5(2,3)8-4(6)7;1-2/h4,11H,1,5-8H2,2-3H3;1-3H3,(H2,6,7);1-2H3. The number of carbonyl (C=O) groups excluding carboxylic acids is 1. The summed E-state index contributed by atoms with van der Waals surface area (Å²) in [5, 5.41) is 0. The summed E-state index contributed by atoms with van der Waals surface area (Å²) >= 11 is 0. The molecule has 1 amide bonds. The van der Waals surface area contributed by atoms with E-state index >= 15 is 0 Å². The molecule has 0 fully saturated rings. The van der Waals surface area contributed by atoms with Crippen molar-refractivity contribution in [3.63, 3.8) is 0 Å². The van der Waals surface area contributed by atoms with E-state index in [1.165, 1.54) is 11.1 Å². The van der Waals surface area contributed by atoms with E-state index in [9.17, 15) is 4.79 Å². The summed E-state index contributed by atoms with van der Waals surface area (Å²) in [5.41, 5.74) is 7.21. The van der Waals surface area contributed by atoms with E-state index in [2.05, 4.69) is 25.2 Å². The minimum absolute atomic E-state index is 0.429. The number of nitrogens with two attached hydrogens (primary N) is 1. The van der Waals surface area contributed by atoms with Crippen LogP contribution in [-0.4, -0.2) is 24.4 Å². The molecule has 1 aliphatic carbocycles. The van der Waals surface area contributed by atoms with Crippen LogP contribution in [-0.2, 0) is 9.47 Å². The molecule has 22 heavy (non-hydrogen) atoms. The van der Waals surface area contributed by atoms with Crippen molar-refractivity contribution in [1.29, 1.82) is 0 Å². The van der Waals surface area contributed by atoms with E-state index in [0.29, 0.717) is 6.10 Å². The highest BCUT2D eigenvalue weighted by Gasteiger charge is 2.21. The molecule has 1 atom stereocenters. The second kappa shape index (κ2) is 12.3. The maximum Gasteiger partial charge on any atom is 0.405 e. The third kappa shape index (κ3) is 11.4. The Bertz CT molecular complexity index is 354. The molecular weight excluding hydrogens is 278 g/mol. The zero-order valence-corrected chi connectivity index (χ0v) is 15.5. The van der Waals surface area contributed by atoms with Gasteiger partial charge in [-0.25, -0.2) is 4.79 Å². The Kier molecular flexibility index (Phi) is 12.8. The van der Waals surface area contributed by atoms with E-state index in [4.69, 9.17) is 10.5 Å². The van der Waals surface area contributed by atoms with Crippen molar-refractivity contribution in [3.8, 4) is 0 Å². The van der Waals surface area contributed by atoms with Gasteiger partial charge in [-0.15, -0.1) is 0 Å². The van der Waals surface area contributed by atoms with Crippen LogP contribution in [0.25, 0.3) is 0 Å². The first-order valence-electron chi connectivity index (χ1n) is 8.16. The van der Waals surface area contributed by atoms with Gasteiger partial charge < -0.3 is 15.2 Å². The minimum atomic E-state index is -0.725. The molecule has 1 rings (SSSR count). The topological polar surface area (TPSA) is 61.6 Å². The van der Waals surface area contributed by atoms with Gasteiger partial charge >= 0.3 is 6.09 Å². The first-order chi connectivity index (χ1) is 10.2. The fourth-order valence-electron chi connectivity index (χ4n) is 2.12. The van der Waals surface area contributed by atoms with Crippen LogP contribution in [0.2, 0.25) is 0 Å². The highest BCUT2D eigenvalue weighted by Crippen LogP contribution is 2.30. The number of carbonyl (C=O) groups is 1. The van der Waals surface area contributed by atoms with Crippen LogP contribution >= 0.6 is 0 Å². The molecule has 0 spiro atoms. The fourth-order valence-corrected chi connectivity index (χ4v) is 2.12. The molecule has 130 valence electrons. The average molecular weight is 313 g/mol. The summed E-state index contributed by atoms with van der Waals surface area (Å²) in [6.45, 7) is 18.2. The molecule has 0 radical (unpaired) electrons. The quantitative estimate of drug-likeness (QED) is 0.795. The van der Waals surface area contributed by atoms with Crippen molar-refractivity contribution in [2.75, 3.05) is 6.61 Å². The lowest BCUT2D eigenvalue weighted by atomic mass is 10.1. The van der Waals surface area contributed by atoms with Crippen molar-refractivity contribution < 1.29 is 14.3 Å². The highest BCUT2D eigenvalue weighted by atomic mass is 16.6. The molecule has 0 aromatic carbocycles. The monoisotopic (exact) mass is 313 g/mol. The molecule has 4 heteroatoms. The van der Waals surface area contributed by atoms with Gasteiger partial charge in [0.05, 0.1) is 6.10 Å². The van der Waals surface area contributed by atoms with Gasteiger partial charge in [0, 0.05) is 6.61 Å². The molecule has 0 aliphatic heterocycles. The SMILES string of the molecule is C=CC1=C(CC)CC(OCC)C1.CC.CC(C)(C)OC(N)=O. The number of hydrogen-bond donors (Lipinski definition) is 1. The molecule has 1 unspecified atom stereocenters. The molecule has 1 aliphatic rings. The smallest absolute Gasteiger partial charge is 0.405 e. The Morgan fingerprint density at radius 1 is 1.32 bits per heavy atom. The van der Waals surface area contributed by atoms with Gasteiger partial charge in [0.25, 0.3) is 0 Å². The van der Waals surface area contributed by atoms with Gasteiger partial charge in [-0.1, -0.05) is 39.0 Å². The second-order valence-electron chi connectivity index (χ2n) is 5.71. The molecule has 0 aromatic heterocycles. The van der Waals surface area contributed by atoms with Crippen molar-refractivity contribution in [1.82, 2.24) is 0 Å². The number of allylic oxidation sites excluding steroid dienone is 1. The van der Waals surface area contributed by atoms with Crippen LogP contribution in [0.1, 0.15) is 67.7 Å². The summed E-state index contributed by atoms with van der Waals surface area (Å²) < 4.78 is 10.2. The number of amides is 1. The first-order valence-corrected chi connectivity index (χ1v) is 8.16. The summed E-state index contributed by atoms with van der Waals surface area (Å²) in [5.74, 6) is 0. The van der Waals surface area contributed by atoms with Gasteiger partial charge in [0.15, 0.2) is 0 Å². The molecule has 0 heterocycles. The Labute approximate surface area is 136 Å². The number of rotatable bonds is 4. The number of hydrogen-bond acceptors (Lipinski definition) is 3. The van der Waals surface area contributed by atoms with Gasteiger partial charge in [-0.2, -0.15) is 0 Å². The third-order valence-corrected chi connectivity index (χ3v) is 2.86. The molecule has 0 bridgehead atoms. The Morgan fingerprint density at radius 2 is 1.86 bits per heavy atom. The summed E-state index contributed by atoms with van der Waals surface area (Å²) in [6.07, 6.45) is 5.02. The van der Waals surface area contributed by atoms with E-state index < -0.39 is 11.7 Å². The van der Waals surface area contributed by atoms with Crippen molar-refractivity contribution in [3.05, 3.63) is 23.8 Å². The Balaban J connectivity index is 0. The summed E-state index contributed by atoms with van der Waals surface area (Å²) in [4.78, 5) is 10.0. The second-order valence-corrected chi connectivity index (χ2v) is 5.71. The Morgan fingerprint density at radius 3 is 2.09 bits per heavy atom. The van der Waals surface area contributed by atoms with Crippen LogP contribution in [0.3, 0.4) is 0 Å². The lowest BCUT2D eigenvalue weighted by molar-refractivity contribution is 0.0600. The molecule has 0 saturated heterocycles. The van der Waals surface area contributed by atoms with Gasteiger partial charge in [-0.3, -0.25) is 0 Å². The Hall–Kier alpha value is -1.29. The minimum Gasteiger partial charge on any atom is -0.444 e. The van der Waals surface area contributed by atoms with E-state index in [0.717, 1.165) is 25.9 Å². The summed E-state index contributed by atoms with van der Waals surface area (Å²) in [7, 11) is 0. The first kappa shape index (κ1) is 23.0. The average Bonchev–Trinajstić information content (AvgIpc) is 2.81. The van der Waals surface area contributed by atoms with Crippen molar-refractivity contribution in [2.24, 2.45) is 5.73 Å². The largest absolute Gasteiger partial charge is 0.444 e. The maximum atomic E-state index is 10.0. The predicted octanol–water partition coefficient (Wildman–Crippen LogP) is 4.98. The van der Waals surface area contributed by atoms with Gasteiger partial charge in [0.2, 0.25) is 0 Å². The van der Waals surface area contributed by atoms with Crippen LogP contribution < -0.4 is 5.73 Å². The van der Waals surface area contributed by atoms with Gasteiger partial charge in [0.1, 0.15) is 5.60 Å². The lowest BCUT2D eigenvalue weighted by Crippen LogP contribution is -2.27. The van der Waals surface area contributed by atoms with Gasteiger partial charge in [-0.05, 0) is 52.5 Å². The maximum absolute atomic E-state index is 10.0. The van der Waals surface area contributed by atoms with Crippen LogP contribution in [0.4, 0.5) is 4.79 Å². The van der Waals surface area contributed by atoms with E-state index in [1.54, 1.807) is 20.8 Å².